The first-order valence-electron chi connectivity index (χ1n) is 14.7. The summed E-state index contributed by atoms with van der Waals surface area (Å²) in [7, 11) is 0. The number of nitrogens with zero attached hydrogens (tertiary/aromatic N) is 3. The van der Waals surface area contributed by atoms with Gasteiger partial charge in [-0.15, -0.1) is 0 Å². The van der Waals surface area contributed by atoms with Crippen molar-refractivity contribution < 1.29 is 28.8 Å². The van der Waals surface area contributed by atoms with Gasteiger partial charge in [0.05, 0.1) is 18.8 Å². The van der Waals surface area contributed by atoms with Crippen LogP contribution in [-0.2, 0) is 24.0 Å². The Hall–Kier alpha value is -3.90. The van der Waals surface area contributed by atoms with Crippen molar-refractivity contribution in [3.63, 3.8) is 0 Å². The normalized spacial score (nSPS) is 19.8. The van der Waals surface area contributed by atoms with E-state index < -0.39 is 58.9 Å². The van der Waals surface area contributed by atoms with Crippen molar-refractivity contribution in [1.29, 1.82) is 0 Å². The first-order valence-corrected chi connectivity index (χ1v) is 14.7. The number of carbonyl (C=O) groups is 6. The highest BCUT2D eigenvalue weighted by Gasteiger charge is 2.46. The second-order valence-electron chi connectivity index (χ2n) is 12.0. The number of nitrogens with one attached hydrogen (secondary N) is 4. The van der Waals surface area contributed by atoms with Gasteiger partial charge in [-0.05, 0) is 37.0 Å². The lowest BCUT2D eigenvalue weighted by atomic mass is 9.85. The quantitative estimate of drug-likeness (QED) is 0.242. The Morgan fingerprint density at radius 2 is 1.74 bits per heavy atom. The minimum atomic E-state index is -0.998. The molecular weight excluding hydrogens is 542 g/mol. The van der Waals surface area contributed by atoms with Crippen LogP contribution in [0.3, 0.4) is 0 Å². The van der Waals surface area contributed by atoms with Gasteiger partial charge < -0.3 is 26.2 Å². The molecule has 0 radical (unpaired) electrons. The molecule has 2 fully saturated rings. The molecule has 230 valence electrons. The van der Waals surface area contributed by atoms with Crippen molar-refractivity contribution in [1.82, 2.24) is 36.1 Å². The third kappa shape index (κ3) is 8.56. The van der Waals surface area contributed by atoms with Gasteiger partial charge in [-0.25, -0.2) is 4.98 Å². The smallest absolute Gasteiger partial charge is 0.289 e. The van der Waals surface area contributed by atoms with E-state index in [0.29, 0.717) is 32.2 Å². The molecule has 1 aromatic heterocycles. The lowest BCUT2D eigenvalue weighted by Gasteiger charge is -2.36. The molecule has 0 aromatic carbocycles. The summed E-state index contributed by atoms with van der Waals surface area (Å²) in [4.78, 5) is 87.2. The van der Waals surface area contributed by atoms with E-state index in [4.69, 9.17) is 0 Å². The predicted molar refractivity (Wildman–Crippen MR) is 153 cm³/mol. The number of likely N-dealkylation sites (tertiary alicyclic amines) is 1. The Kier molecular flexibility index (Phi) is 11.1. The Bertz CT molecular complexity index is 1160. The molecule has 5 amide bonds. The fraction of sp³-hybridized carbons (Fsp3) is 0.655. The Balaban J connectivity index is 1.71. The lowest BCUT2D eigenvalue weighted by molar-refractivity contribution is -0.145. The van der Waals surface area contributed by atoms with Gasteiger partial charge >= 0.3 is 0 Å². The summed E-state index contributed by atoms with van der Waals surface area (Å²) in [5.41, 5.74) is -0.677. The first kappa shape index (κ1) is 32.6. The molecule has 2 unspecified atom stereocenters. The minimum Gasteiger partial charge on any atom is -0.347 e. The average Bonchev–Trinajstić information content (AvgIpc) is 3.66. The minimum absolute atomic E-state index is 0.0109. The van der Waals surface area contributed by atoms with Crippen LogP contribution < -0.4 is 21.3 Å². The number of Topliss-reactive ketones (excluding diaryl/α,β-unsaturated/α-hetero) is 1. The molecule has 13 nitrogen and oxygen atoms in total. The largest absolute Gasteiger partial charge is 0.347 e. The Morgan fingerprint density at radius 1 is 1.02 bits per heavy atom. The third-order valence-corrected chi connectivity index (χ3v) is 7.57. The van der Waals surface area contributed by atoms with E-state index in [1.54, 1.807) is 20.8 Å². The molecule has 1 aliphatic carbocycles. The standard InChI is InChI=1S/C29H43N7O6/c1-6-8-19(23(38)27(41)33-18-9-10-18)34-26(40)22-17(7-2)11-14-36(22)28(42)24(29(3,4)5)35-21(37)16-32-25(39)20-15-30-12-13-31-20/h12-13,15,17-19,22,24H,6-11,14,16H2,1-5H3,(H,32,39)(H,33,41)(H,34,40)(H,35,37)/t17-,19?,22-,24?/m0/s1. The molecule has 1 saturated carbocycles. The van der Waals surface area contributed by atoms with Crippen LogP contribution in [0.25, 0.3) is 0 Å². The number of amides is 5. The number of rotatable bonds is 13. The van der Waals surface area contributed by atoms with Crippen molar-refractivity contribution in [3.05, 3.63) is 24.3 Å². The number of carbonyl (C=O) groups excluding carboxylic acids is 6. The molecule has 2 heterocycles. The van der Waals surface area contributed by atoms with Crippen molar-refractivity contribution in [2.24, 2.45) is 11.3 Å². The Morgan fingerprint density at radius 3 is 2.31 bits per heavy atom. The zero-order valence-electron chi connectivity index (χ0n) is 25.1. The van der Waals surface area contributed by atoms with Crippen LogP contribution in [0, 0.1) is 11.3 Å². The molecule has 4 atom stereocenters. The molecule has 13 heteroatoms. The van der Waals surface area contributed by atoms with Gasteiger partial charge in [-0.1, -0.05) is 47.5 Å². The van der Waals surface area contributed by atoms with Crippen molar-refractivity contribution >= 4 is 35.3 Å². The summed E-state index contributed by atoms with van der Waals surface area (Å²) in [6.07, 6.45) is 7.79. The molecule has 42 heavy (non-hydrogen) atoms. The SMILES string of the molecule is CCCC(NC(=O)[C@@H]1[C@@H](CC)CCN1C(=O)C(NC(=O)CNC(=O)c1cnccn1)C(C)(C)C)C(=O)C(=O)NC1CC1. The maximum absolute atomic E-state index is 13.9. The molecule has 1 aliphatic heterocycles. The monoisotopic (exact) mass is 585 g/mol. The van der Waals surface area contributed by atoms with Gasteiger partial charge in [0.2, 0.25) is 23.5 Å². The van der Waals surface area contributed by atoms with Gasteiger partial charge in [0.25, 0.3) is 11.8 Å². The summed E-state index contributed by atoms with van der Waals surface area (Å²) in [6, 6.07) is -2.84. The van der Waals surface area contributed by atoms with E-state index >= 15 is 0 Å². The van der Waals surface area contributed by atoms with E-state index in [1.165, 1.54) is 23.5 Å². The highest BCUT2D eigenvalue weighted by atomic mass is 16.2. The summed E-state index contributed by atoms with van der Waals surface area (Å²) in [5, 5.41) is 10.6. The average molecular weight is 586 g/mol. The van der Waals surface area contributed by atoms with Gasteiger partial charge in [-0.2, -0.15) is 0 Å². The number of hydrogen-bond donors (Lipinski definition) is 4. The van der Waals surface area contributed by atoms with Crippen molar-refractivity contribution in [3.8, 4) is 0 Å². The molecule has 4 N–H and O–H groups in total. The molecule has 1 aromatic rings. The molecular formula is C29H43N7O6. The maximum atomic E-state index is 13.9. The van der Waals surface area contributed by atoms with E-state index in [1.807, 2.05) is 13.8 Å². The second kappa shape index (κ2) is 14.3. The van der Waals surface area contributed by atoms with Crippen LogP contribution in [0.4, 0.5) is 0 Å². The zero-order valence-corrected chi connectivity index (χ0v) is 25.1. The van der Waals surface area contributed by atoms with E-state index in [-0.39, 0.29) is 24.2 Å². The van der Waals surface area contributed by atoms with Gasteiger partial charge in [0.15, 0.2) is 0 Å². The number of hydrogen-bond acceptors (Lipinski definition) is 8. The third-order valence-electron chi connectivity index (χ3n) is 7.57. The van der Waals surface area contributed by atoms with Crippen LogP contribution in [0.2, 0.25) is 0 Å². The maximum Gasteiger partial charge on any atom is 0.289 e. The fourth-order valence-corrected chi connectivity index (χ4v) is 5.04. The zero-order chi connectivity index (χ0) is 31.0. The predicted octanol–water partition coefficient (Wildman–Crippen LogP) is 0.497. The lowest BCUT2D eigenvalue weighted by Crippen LogP contribution is -2.60. The van der Waals surface area contributed by atoms with Gasteiger partial charge in [0, 0.05) is 25.0 Å². The molecule has 2 aliphatic rings. The highest BCUT2D eigenvalue weighted by Crippen LogP contribution is 2.31. The van der Waals surface area contributed by atoms with E-state index in [9.17, 15) is 28.8 Å². The summed E-state index contributed by atoms with van der Waals surface area (Å²) < 4.78 is 0. The van der Waals surface area contributed by atoms with Crippen LogP contribution >= 0.6 is 0 Å². The Labute approximate surface area is 246 Å². The summed E-state index contributed by atoms with van der Waals surface area (Å²) in [6.45, 7) is 9.09. The second-order valence-corrected chi connectivity index (χ2v) is 12.0. The summed E-state index contributed by atoms with van der Waals surface area (Å²) >= 11 is 0. The van der Waals surface area contributed by atoms with Crippen LogP contribution in [0.15, 0.2) is 18.6 Å². The fourth-order valence-electron chi connectivity index (χ4n) is 5.04. The molecule has 0 spiro atoms. The van der Waals surface area contributed by atoms with Crippen LogP contribution in [0.5, 0.6) is 0 Å². The van der Waals surface area contributed by atoms with Gasteiger partial charge in [0.1, 0.15) is 17.8 Å². The number of ketones is 1. The summed E-state index contributed by atoms with van der Waals surface area (Å²) in [5.74, 6) is -3.64. The van der Waals surface area contributed by atoms with Gasteiger partial charge in [-0.3, -0.25) is 33.8 Å². The van der Waals surface area contributed by atoms with Crippen molar-refractivity contribution in [2.45, 2.75) is 97.3 Å². The highest BCUT2D eigenvalue weighted by molar-refractivity contribution is 6.38. The topological polar surface area (TPSA) is 180 Å². The molecule has 0 bridgehead atoms. The first-order chi connectivity index (χ1) is 19.9. The van der Waals surface area contributed by atoms with E-state index in [2.05, 4.69) is 31.2 Å². The molecule has 3 rings (SSSR count). The number of aromatic nitrogens is 2. The molecule has 1 saturated heterocycles. The van der Waals surface area contributed by atoms with Crippen LogP contribution in [0.1, 0.15) is 83.6 Å². The van der Waals surface area contributed by atoms with Crippen molar-refractivity contribution in [2.75, 3.05) is 13.1 Å². The van der Waals surface area contributed by atoms with Crippen LogP contribution in [-0.4, -0.2) is 87.4 Å². The van der Waals surface area contributed by atoms with E-state index in [0.717, 1.165) is 12.8 Å².